The van der Waals surface area contributed by atoms with Crippen molar-refractivity contribution < 1.29 is 4.79 Å². The first-order chi connectivity index (χ1) is 7.25. The van der Waals surface area contributed by atoms with E-state index >= 15 is 0 Å². The molecule has 15 heavy (non-hydrogen) atoms. The van der Waals surface area contributed by atoms with E-state index in [4.69, 9.17) is 0 Å². The SMILES string of the molecule is CN1CCCN(CC2CCCN2)CC1=O. The minimum Gasteiger partial charge on any atom is -0.345 e. The zero-order valence-electron chi connectivity index (χ0n) is 9.54. The maximum Gasteiger partial charge on any atom is 0.236 e. The summed E-state index contributed by atoms with van der Waals surface area (Å²) in [6, 6.07) is 0.612. The van der Waals surface area contributed by atoms with E-state index in [1.165, 1.54) is 12.8 Å². The summed E-state index contributed by atoms with van der Waals surface area (Å²) in [5.41, 5.74) is 0. The number of hydrogen-bond donors (Lipinski definition) is 1. The number of likely N-dealkylation sites (N-methyl/N-ethyl adjacent to an activating group) is 1. The van der Waals surface area contributed by atoms with Gasteiger partial charge in [0.2, 0.25) is 5.91 Å². The van der Waals surface area contributed by atoms with Crippen molar-refractivity contribution in [1.29, 1.82) is 0 Å². The van der Waals surface area contributed by atoms with Crippen LogP contribution in [0.2, 0.25) is 0 Å². The fourth-order valence-electron chi connectivity index (χ4n) is 2.43. The molecule has 0 aromatic rings. The van der Waals surface area contributed by atoms with Crippen LogP contribution in [-0.4, -0.2) is 61.5 Å². The fourth-order valence-corrected chi connectivity index (χ4v) is 2.43. The Balaban J connectivity index is 1.83. The van der Waals surface area contributed by atoms with Crippen molar-refractivity contribution in [2.75, 3.05) is 39.8 Å². The van der Waals surface area contributed by atoms with Gasteiger partial charge in [-0.05, 0) is 25.8 Å². The van der Waals surface area contributed by atoms with E-state index in [2.05, 4.69) is 10.2 Å². The Kier molecular flexibility index (Phi) is 3.59. The third-order valence-corrected chi connectivity index (χ3v) is 3.39. The van der Waals surface area contributed by atoms with Gasteiger partial charge in [0, 0.05) is 32.7 Å². The molecule has 0 bridgehead atoms. The van der Waals surface area contributed by atoms with Crippen molar-refractivity contribution in [3.05, 3.63) is 0 Å². The van der Waals surface area contributed by atoms with Gasteiger partial charge in [-0.15, -0.1) is 0 Å². The van der Waals surface area contributed by atoms with Crippen LogP contribution in [0.3, 0.4) is 0 Å². The van der Waals surface area contributed by atoms with Gasteiger partial charge in [0.05, 0.1) is 6.54 Å². The number of nitrogens with one attached hydrogen (secondary N) is 1. The second-order valence-corrected chi connectivity index (χ2v) is 4.70. The Bertz CT molecular complexity index is 226. The van der Waals surface area contributed by atoms with Gasteiger partial charge in [-0.25, -0.2) is 0 Å². The number of amides is 1. The lowest BCUT2D eigenvalue weighted by Crippen LogP contribution is -2.41. The summed E-state index contributed by atoms with van der Waals surface area (Å²) in [4.78, 5) is 15.8. The van der Waals surface area contributed by atoms with Crippen LogP contribution >= 0.6 is 0 Å². The Morgan fingerprint density at radius 3 is 3.00 bits per heavy atom. The molecule has 1 unspecified atom stereocenters. The largest absolute Gasteiger partial charge is 0.345 e. The predicted molar refractivity (Wildman–Crippen MR) is 59.7 cm³/mol. The predicted octanol–water partition coefficient (Wildman–Crippen LogP) is -0.0975. The Labute approximate surface area is 91.6 Å². The van der Waals surface area contributed by atoms with Crippen LogP contribution in [0.25, 0.3) is 0 Å². The third kappa shape index (κ3) is 2.92. The number of carbonyl (C=O) groups is 1. The number of nitrogens with zero attached hydrogens (tertiary/aromatic N) is 2. The van der Waals surface area contributed by atoms with E-state index in [9.17, 15) is 4.79 Å². The lowest BCUT2D eigenvalue weighted by atomic mass is 10.2. The van der Waals surface area contributed by atoms with Crippen molar-refractivity contribution in [2.45, 2.75) is 25.3 Å². The van der Waals surface area contributed by atoms with Crippen molar-refractivity contribution in [2.24, 2.45) is 0 Å². The second-order valence-electron chi connectivity index (χ2n) is 4.70. The average Bonchev–Trinajstić information content (AvgIpc) is 2.64. The summed E-state index contributed by atoms with van der Waals surface area (Å²) in [7, 11) is 1.90. The molecule has 0 aliphatic carbocycles. The van der Waals surface area contributed by atoms with E-state index < -0.39 is 0 Å². The second kappa shape index (κ2) is 4.94. The fraction of sp³-hybridized carbons (Fsp3) is 0.909. The van der Waals surface area contributed by atoms with Crippen molar-refractivity contribution >= 4 is 5.91 Å². The van der Waals surface area contributed by atoms with Crippen LogP contribution in [-0.2, 0) is 4.79 Å². The van der Waals surface area contributed by atoms with E-state index in [-0.39, 0.29) is 5.91 Å². The van der Waals surface area contributed by atoms with E-state index in [1.807, 2.05) is 11.9 Å². The molecule has 4 heteroatoms. The van der Waals surface area contributed by atoms with Crippen LogP contribution in [0.15, 0.2) is 0 Å². The summed E-state index contributed by atoms with van der Waals surface area (Å²) in [6.07, 6.45) is 3.65. The van der Waals surface area contributed by atoms with E-state index in [0.29, 0.717) is 12.6 Å². The molecule has 2 heterocycles. The molecule has 2 fully saturated rings. The quantitative estimate of drug-likeness (QED) is 0.693. The molecule has 0 spiro atoms. The zero-order valence-corrected chi connectivity index (χ0v) is 9.54. The summed E-state index contributed by atoms with van der Waals surface area (Å²) in [6.45, 7) is 4.77. The number of hydrogen-bond acceptors (Lipinski definition) is 3. The molecule has 2 aliphatic rings. The zero-order chi connectivity index (χ0) is 10.7. The standard InChI is InChI=1S/C11H21N3O/c1-13-6-3-7-14(9-11(13)15)8-10-4-2-5-12-10/h10,12H,2-9H2,1H3. The molecule has 4 nitrogen and oxygen atoms in total. The van der Waals surface area contributed by atoms with Gasteiger partial charge >= 0.3 is 0 Å². The van der Waals surface area contributed by atoms with Crippen molar-refractivity contribution in [1.82, 2.24) is 15.1 Å². The Morgan fingerprint density at radius 1 is 1.40 bits per heavy atom. The van der Waals surface area contributed by atoms with Gasteiger partial charge in [-0.2, -0.15) is 0 Å². The third-order valence-electron chi connectivity index (χ3n) is 3.39. The first-order valence-electron chi connectivity index (χ1n) is 5.95. The number of carbonyl (C=O) groups excluding carboxylic acids is 1. The Morgan fingerprint density at radius 2 is 2.27 bits per heavy atom. The first kappa shape index (κ1) is 10.9. The molecule has 2 aliphatic heterocycles. The first-order valence-corrected chi connectivity index (χ1v) is 5.95. The van der Waals surface area contributed by atoms with Crippen LogP contribution < -0.4 is 5.32 Å². The maximum absolute atomic E-state index is 11.7. The molecule has 0 aromatic carbocycles. The highest BCUT2D eigenvalue weighted by atomic mass is 16.2. The average molecular weight is 211 g/mol. The maximum atomic E-state index is 11.7. The van der Waals surface area contributed by atoms with Gasteiger partial charge in [0.15, 0.2) is 0 Å². The van der Waals surface area contributed by atoms with Gasteiger partial charge in [-0.3, -0.25) is 9.69 Å². The number of rotatable bonds is 2. The van der Waals surface area contributed by atoms with Crippen LogP contribution in [0.1, 0.15) is 19.3 Å². The Hall–Kier alpha value is -0.610. The highest BCUT2D eigenvalue weighted by molar-refractivity contribution is 5.78. The van der Waals surface area contributed by atoms with E-state index in [1.54, 1.807) is 0 Å². The molecule has 1 N–H and O–H groups in total. The van der Waals surface area contributed by atoms with Gasteiger partial charge in [0.25, 0.3) is 0 Å². The lowest BCUT2D eigenvalue weighted by molar-refractivity contribution is -0.129. The molecule has 86 valence electrons. The molecule has 0 radical (unpaired) electrons. The van der Waals surface area contributed by atoms with Crippen molar-refractivity contribution in [3.63, 3.8) is 0 Å². The monoisotopic (exact) mass is 211 g/mol. The minimum absolute atomic E-state index is 0.269. The van der Waals surface area contributed by atoms with Gasteiger partial charge in [0.1, 0.15) is 0 Å². The molecule has 1 amide bonds. The molecule has 0 aromatic heterocycles. The van der Waals surface area contributed by atoms with E-state index in [0.717, 1.165) is 32.6 Å². The lowest BCUT2D eigenvalue weighted by Gasteiger charge is -2.22. The summed E-state index contributed by atoms with van der Waals surface area (Å²) in [5, 5.41) is 3.48. The smallest absolute Gasteiger partial charge is 0.236 e. The molecule has 2 saturated heterocycles. The van der Waals surface area contributed by atoms with Crippen LogP contribution in [0.4, 0.5) is 0 Å². The highest BCUT2D eigenvalue weighted by Gasteiger charge is 2.22. The molecular formula is C11H21N3O. The molecular weight excluding hydrogens is 190 g/mol. The summed E-state index contributed by atoms with van der Waals surface area (Å²) < 4.78 is 0. The summed E-state index contributed by atoms with van der Waals surface area (Å²) >= 11 is 0. The topological polar surface area (TPSA) is 35.6 Å². The normalized spacial score (nSPS) is 29.5. The van der Waals surface area contributed by atoms with Crippen LogP contribution in [0, 0.1) is 0 Å². The minimum atomic E-state index is 0.269. The molecule has 1 atom stereocenters. The van der Waals surface area contributed by atoms with Crippen LogP contribution in [0.5, 0.6) is 0 Å². The van der Waals surface area contributed by atoms with Gasteiger partial charge < -0.3 is 10.2 Å². The van der Waals surface area contributed by atoms with Gasteiger partial charge in [-0.1, -0.05) is 0 Å². The molecule has 0 saturated carbocycles. The summed E-state index contributed by atoms with van der Waals surface area (Å²) in [5.74, 6) is 0.269. The highest BCUT2D eigenvalue weighted by Crippen LogP contribution is 2.09. The van der Waals surface area contributed by atoms with Crippen molar-refractivity contribution in [3.8, 4) is 0 Å². The molecule has 2 rings (SSSR count).